The van der Waals surface area contributed by atoms with Gasteiger partial charge in [-0.15, -0.1) is 58.3 Å². The van der Waals surface area contributed by atoms with Crippen molar-refractivity contribution < 1.29 is 18.9 Å². The SMILES string of the molecule is ClCc1cccc2ccc[c-]c12.[Li+]. The van der Waals surface area contributed by atoms with Crippen LogP contribution >= 0.6 is 11.6 Å². The molecule has 0 aliphatic carbocycles. The first-order chi connectivity index (χ1) is 5.92. The van der Waals surface area contributed by atoms with Crippen molar-refractivity contribution in [3.63, 3.8) is 0 Å². The molecule has 0 radical (unpaired) electrons. The molecule has 0 bridgehead atoms. The maximum absolute atomic E-state index is 5.79. The summed E-state index contributed by atoms with van der Waals surface area (Å²) in [5, 5.41) is 2.34. The van der Waals surface area contributed by atoms with E-state index >= 15 is 0 Å². The zero-order chi connectivity index (χ0) is 8.39. The minimum absolute atomic E-state index is 0. The van der Waals surface area contributed by atoms with Crippen molar-refractivity contribution in [3.05, 3.63) is 48.0 Å². The molecule has 0 aliphatic rings. The van der Waals surface area contributed by atoms with Crippen molar-refractivity contribution in [1.29, 1.82) is 0 Å². The van der Waals surface area contributed by atoms with Crippen LogP contribution in [0.15, 0.2) is 36.4 Å². The number of halogens is 1. The third-order valence-corrected chi connectivity index (χ3v) is 2.21. The minimum Gasteiger partial charge on any atom is -0.147 e. The molecule has 0 saturated heterocycles. The molecule has 0 amide bonds. The summed E-state index contributed by atoms with van der Waals surface area (Å²) < 4.78 is 0. The van der Waals surface area contributed by atoms with Crippen LogP contribution in [0.3, 0.4) is 0 Å². The molecule has 2 aromatic rings. The van der Waals surface area contributed by atoms with Crippen molar-refractivity contribution in [1.82, 2.24) is 0 Å². The first-order valence-corrected chi connectivity index (χ1v) is 4.39. The molecule has 2 heteroatoms. The molecule has 13 heavy (non-hydrogen) atoms. The Morgan fingerprint density at radius 1 is 1.15 bits per heavy atom. The largest absolute Gasteiger partial charge is 1.00 e. The minimum atomic E-state index is 0. The molecule has 0 saturated carbocycles. The molecule has 0 N–H and O–H groups in total. The maximum Gasteiger partial charge on any atom is 1.00 e. The molecular weight excluding hydrogens is 175 g/mol. The maximum atomic E-state index is 5.79. The monoisotopic (exact) mass is 182 g/mol. The molecule has 0 fully saturated rings. The van der Waals surface area contributed by atoms with Gasteiger partial charge in [-0.2, -0.15) is 0 Å². The first kappa shape index (κ1) is 10.7. The number of alkyl halides is 1. The van der Waals surface area contributed by atoms with Gasteiger partial charge >= 0.3 is 18.9 Å². The zero-order valence-corrected chi connectivity index (χ0v) is 8.31. The van der Waals surface area contributed by atoms with E-state index in [4.69, 9.17) is 11.6 Å². The molecular formula is C11H8ClLi. The number of hydrogen-bond donors (Lipinski definition) is 0. The smallest absolute Gasteiger partial charge is 0.147 e. The van der Waals surface area contributed by atoms with E-state index in [1.165, 1.54) is 5.39 Å². The molecule has 0 heterocycles. The van der Waals surface area contributed by atoms with Crippen molar-refractivity contribution in [2.45, 2.75) is 5.88 Å². The van der Waals surface area contributed by atoms with Crippen LogP contribution in [0.5, 0.6) is 0 Å². The normalized spacial score (nSPS) is 9.62. The Bertz CT molecular complexity index is 393. The zero-order valence-electron chi connectivity index (χ0n) is 7.55. The fraction of sp³-hybridized carbons (Fsp3) is 0.0909. The van der Waals surface area contributed by atoms with Crippen molar-refractivity contribution >= 4 is 22.4 Å². The van der Waals surface area contributed by atoms with Gasteiger partial charge in [-0.25, -0.2) is 0 Å². The standard InChI is InChI=1S/C11H8Cl.Li/c12-8-10-6-3-5-9-4-1-2-7-11(9)10;/h1-6H,8H2;/q-1;+1. The van der Waals surface area contributed by atoms with E-state index in [2.05, 4.69) is 18.2 Å². The van der Waals surface area contributed by atoms with Crippen LogP contribution < -0.4 is 18.9 Å². The molecule has 0 aliphatic heterocycles. The van der Waals surface area contributed by atoms with Crippen LogP contribution in [0, 0.1) is 6.07 Å². The third kappa shape index (κ3) is 2.09. The molecule has 2 aromatic carbocycles. The second-order valence-electron chi connectivity index (χ2n) is 2.69. The summed E-state index contributed by atoms with van der Waals surface area (Å²) in [5.74, 6) is 0.553. The predicted octanol–water partition coefficient (Wildman–Crippen LogP) is 0.383. The van der Waals surface area contributed by atoms with E-state index in [9.17, 15) is 0 Å². The van der Waals surface area contributed by atoms with Gasteiger partial charge in [0.25, 0.3) is 0 Å². The van der Waals surface area contributed by atoms with Gasteiger partial charge in [-0.3, -0.25) is 0 Å². The summed E-state index contributed by atoms with van der Waals surface area (Å²) in [6.45, 7) is 0. The topological polar surface area (TPSA) is 0 Å². The average molecular weight is 183 g/mol. The van der Waals surface area contributed by atoms with E-state index in [1.807, 2.05) is 24.3 Å². The third-order valence-electron chi connectivity index (χ3n) is 1.93. The molecule has 60 valence electrons. The van der Waals surface area contributed by atoms with Crippen LogP contribution in [-0.2, 0) is 5.88 Å². The van der Waals surface area contributed by atoms with Gasteiger partial charge in [0.15, 0.2) is 0 Å². The fourth-order valence-electron chi connectivity index (χ4n) is 1.33. The van der Waals surface area contributed by atoms with E-state index in [1.54, 1.807) is 0 Å². The first-order valence-electron chi connectivity index (χ1n) is 3.86. The quantitative estimate of drug-likeness (QED) is 0.340. The van der Waals surface area contributed by atoms with Gasteiger partial charge in [0.2, 0.25) is 0 Å². The van der Waals surface area contributed by atoms with E-state index in [-0.39, 0.29) is 18.9 Å². The summed E-state index contributed by atoms with van der Waals surface area (Å²) in [6.07, 6.45) is 0. The van der Waals surface area contributed by atoms with Crippen molar-refractivity contribution in [2.75, 3.05) is 0 Å². The summed E-state index contributed by atoms with van der Waals surface area (Å²) in [6, 6.07) is 15.3. The second kappa shape index (κ2) is 4.72. The Labute approximate surface area is 95.1 Å². The van der Waals surface area contributed by atoms with Crippen LogP contribution in [0.2, 0.25) is 0 Å². The Kier molecular flexibility index (Phi) is 3.87. The number of fused-ring (bicyclic) bond motifs is 1. The van der Waals surface area contributed by atoms with E-state index in [0.717, 1.165) is 10.9 Å². The molecule has 0 nitrogen and oxygen atoms in total. The Morgan fingerprint density at radius 2 is 1.92 bits per heavy atom. The Morgan fingerprint density at radius 3 is 2.69 bits per heavy atom. The van der Waals surface area contributed by atoms with Crippen LogP contribution in [0.4, 0.5) is 0 Å². The molecule has 0 atom stereocenters. The van der Waals surface area contributed by atoms with Gasteiger partial charge in [-0.1, -0.05) is 12.1 Å². The predicted molar refractivity (Wildman–Crippen MR) is 52.3 cm³/mol. The van der Waals surface area contributed by atoms with Gasteiger partial charge in [-0.05, 0) is 0 Å². The summed E-state index contributed by atoms with van der Waals surface area (Å²) in [7, 11) is 0. The summed E-state index contributed by atoms with van der Waals surface area (Å²) in [5.41, 5.74) is 1.15. The number of rotatable bonds is 1. The molecule has 0 spiro atoms. The molecule has 0 unspecified atom stereocenters. The average Bonchev–Trinajstić information content (AvgIpc) is 2.17. The van der Waals surface area contributed by atoms with Crippen molar-refractivity contribution in [3.8, 4) is 0 Å². The number of benzene rings is 2. The van der Waals surface area contributed by atoms with Gasteiger partial charge in [0.05, 0.1) is 0 Å². The van der Waals surface area contributed by atoms with Gasteiger partial charge in [0, 0.05) is 5.88 Å². The second-order valence-corrected chi connectivity index (χ2v) is 2.95. The van der Waals surface area contributed by atoms with Gasteiger partial charge in [0.1, 0.15) is 0 Å². The van der Waals surface area contributed by atoms with Crippen LogP contribution in [-0.4, -0.2) is 0 Å². The van der Waals surface area contributed by atoms with Crippen molar-refractivity contribution in [2.24, 2.45) is 0 Å². The molecule has 2 rings (SSSR count). The Balaban J connectivity index is 0.000000845. The number of hydrogen-bond acceptors (Lipinski definition) is 0. The van der Waals surface area contributed by atoms with Gasteiger partial charge < -0.3 is 0 Å². The van der Waals surface area contributed by atoms with E-state index in [0.29, 0.717) is 5.88 Å². The Hall–Kier alpha value is -0.413. The fourth-order valence-corrected chi connectivity index (χ4v) is 1.55. The van der Waals surface area contributed by atoms with Crippen LogP contribution in [0.25, 0.3) is 10.8 Å². The summed E-state index contributed by atoms with van der Waals surface area (Å²) >= 11 is 5.79. The van der Waals surface area contributed by atoms with Crippen LogP contribution in [0.1, 0.15) is 5.56 Å². The molecule has 0 aromatic heterocycles. The summed E-state index contributed by atoms with van der Waals surface area (Å²) in [4.78, 5) is 0. The van der Waals surface area contributed by atoms with E-state index < -0.39 is 0 Å².